The monoisotopic (exact) mass is 401 g/mol. The van der Waals surface area contributed by atoms with Crippen molar-refractivity contribution in [1.82, 2.24) is 9.62 Å². The Bertz CT molecular complexity index is 1010. The van der Waals surface area contributed by atoms with E-state index >= 15 is 0 Å². The Morgan fingerprint density at radius 2 is 1.71 bits per heavy atom. The highest BCUT2D eigenvalue weighted by Gasteiger charge is 2.52. The molecule has 0 spiro atoms. The van der Waals surface area contributed by atoms with Crippen LogP contribution in [0.2, 0.25) is 0 Å². The molecule has 8 nitrogen and oxygen atoms in total. The van der Waals surface area contributed by atoms with Crippen LogP contribution in [0.15, 0.2) is 59.5 Å². The van der Waals surface area contributed by atoms with Gasteiger partial charge in [0.2, 0.25) is 10.0 Å². The third-order valence-electron chi connectivity index (χ3n) is 5.02. The fourth-order valence-corrected chi connectivity index (χ4v) is 5.27. The summed E-state index contributed by atoms with van der Waals surface area (Å²) in [6.45, 7) is 0.151. The van der Waals surface area contributed by atoms with Crippen LogP contribution >= 0.6 is 0 Å². The first-order chi connectivity index (χ1) is 13.4. The van der Waals surface area contributed by atoms with E-state index < -0.39 is 34.0 Å². The average Bonchev–Trinajstić information content (AvgIpc) is 3.14. The molecule has 146 valence electrons. The molecule has 1 N–H and O–H groups in total. The maximum absolute atomic E-state index is 13.2. The molecular formula is C19H19N3O5S. The molecule has 0 aromatic heterocycles. The molecule has 0 aliphatic carbocycles. The molecule has 3 amide bonds. The van der Waals surface area contributed by atoms with Gasteiger partial charge >= 0.3 is 6.03 Å². The standard InChI is InChI=1S/C19H19N3O5S/c1-27-14-7-9-15(10-8-14)28(25,26)21-12-11-16-17(21)18(23)22(19(24)20-16)13-5-3-2-4-6-13/h2-10,16-17H,11-12H2,1H3,(H,20,24)/t16-,17+/m1/s1. The van der Waals surface area contributed by atoms with Gasteiger partial charge in [-0.3, -0.25) is 4.79 Å². The second kappa shape index (κ2) is 6.92. The Kier molecular flexibility index (Phi) is 4.56. The van der Waals surface area contributed by atoms with Crippen LogP contribution in [0, 0.1) is 0 Å². The number of imide groups is 1. The Balaban J connectivity index is 1.68. The zero-order chi connectivity index (χ0) is 19.9. The molecule has 4 rings (SSSR count). The minimum absolute atomic E-state index is 0.0740. The van der Waals surface area contributed by atoms with E-state index in [1.165, 1.54) is 23.5 Å². The van der Waals surface area contributed by atoms with Crippen LogP contribution in [0.5, 0.6) is 5.75 Å². The highest BCUT2D eigenvalue weighted by molar-refractivity contribution is 7.89. The predicted molar refractivity (Wildman–Crippen MR) is 102 cm³/mol. The van der Waals surface area contributed by atoms with E-state index in [0.717, 1.165) is 4.90 Å². The van der Waals surface area contributed by atoms with Crippen LogP contribution in [0.4, 0.5) is 10.5 Å². The van der Waals surface area contributed by atoms with Crippen LogP contribution in [0.1, 0.15) is 6.42 Å². The van der Waals surface area contributed by atoms with Crippen molar-refractivity contribution in [3.8, 4) is 5.75 Å². The summed E-state index contributed by atoms with van der Waals surface area (Å²) in [5, 5.41) is 2.77. The molecule has 2 saturated heterocycles. The van der Waals surface area contributed by atoms with Gasteiger partial charge in [0.25, 0.3) is 5.91 Å². The number of hydrogen-bond donors (Lipinski definition) is 1. The van der Waals surface area contributed by atoms with Crippen molar-refractivity contribution in [3.05, 3.63) is 54.6 Å². The van der Waals surface area contributed by atoms with Crippen molar-refractivity contribution in [2.75, 3.05) is 18.6 Å². The summed E-state index contributed by atoms with van der Waals surface area (Å²) in [5.41, 5.74) is 0.400. The summed E-state index contributed by atoms with van der Waals surface area (Å²) < 4.78 is 32.6. The first-order valence-corrected chi connectivity index (χ1v) is 10.2. The highest BCUT2D eigenvalue weighted by Crippen LogP contribution is 2.32. The molecule has 0 bridgehead atoms. The molecule has 28 heavy (non-hydrogen) atoms. The largest absolute Gasteiger partial charge is 0.497 e. The van der Waals surface area contributed by atoms with Gasteiger partial charge in [-0.15, -0.1) is 0 Å². The molecule has 0 radical (unpaired) electrons. The minimum atomic E-state index is -3.91. The summed E-state index contributed by atoms with van der Waals surface area (Å²) in [6.07, 6.45) is 0.375. The second-order valence-electron chi connectivity index (χ2n) is 6.59. The molecule has 2 aromatic rings. The number of hydrogen-bond acceptors (Lipinski definition) is 5. The first-order valence-electron chi connectivity index (χ1n) is 8.79. The fraction of sp³-hybridized carbons (Fsp3) is 0.263. The topological polar surface area (TPSA) is 96.0 Å². The lowest BCUT2D eigenvalue weighted by atomic mass is 10.1. The zero-order valence-electron chi connectivity index (χ0n) is 15.1. The molecule has 9 heteroatoms. The lowest BCUT2D eigenvalue weighted by molar-refractivity contribution is -0.122. The summed E-state index contributed by atoms with van der Waals surface area (Å²) >= 11 is 0. The maximum Gasteiger partial charge on any atom is 0.329 e. The Hall–Kier alpha value is -2.91. The number of anilines is 1. The van der Waals surface area contributed by atoms with Crippen molar-refractivity contribution in [2.45, 2.75) is 23.4 Å². The van der Waals surface area contributed by atoms with Gasteiger partial charge in [-0.25, -0.2) is 18.1 Å². The number of benzene rings is 2. The normalized spacial score (nSPS) is 22.7. The first kappa shape index (κ1) is 18.5. The number of amides is 3. The Morgan fingerprint density at radius 3 is 2.36 bits per heavy atom. The predicted octanol–water partition coefficient (Wildman–Crippen LogP) is 1.58. The van der Waals surface area contributed by atoms with Crippen LogP contribution < -0.4 is 15.0 Å². The molecule has 2 aliphatic heterocycles. The van der Waals surface area contributed by atoms with Gasteiger partial charge in [-0.05, 0) is 42.8 Å². The number of urea groups is 1. The van der Waals surface area contributed by atoms with Crippen LogP contribution in [-0.2, 0) is 14.8 Å². The number of rotatable bonds is 4. The van der Waals surface area contributed by atoms with E-state index in [0.29, 0.717) is 17.9 Å². The number of methoxy groups -OCH3 is 1. The third-order valence-corrected chi connectivity index (χ3v) is 6.91. The molecule has 2 atom stereocenters. The summed E-state index contributed by atoms with van der Waals surface area (Å²) in [6, 6.07) is 12.4. The van der Waals surface area contributed by atoms with E-state index in [-0.39, 0.29) is 11.4 Å². The summed E-state index contributed by atoms with van der Waals surface area (Å²) in [5.74, 6) is -0.0101. The third kappa shape index (κ3) is 2.92. The van der Waals surface area contributed by atoms with Gasteiger partial charge in [0, 0.05) is 6.54 Å². The summed E-state index contributed by atoms with van der Waals surface area (Å²) in [7, 11) is -2.41. The molecule has 2 heterocycles. The number of ether oxygens (including phenoxy) is 1. The van der Waals surface area contributed by atoms with Crippen molar-refractivity contribution >= 4 is 27.6 Å². The number of carbonyl (C=O) groups excluding carboxylic acids is 2. The van der Waals surface area contributed by atoms with Crippen molar-refractivity contribution in [1.29, 1.82) is 0 Å². The van der Waals surface area contributed by atoms with Gasteiger partial charge in [0.1, 0.15) is 11.8 Å². The number of nitrogens with one attached hydrogen (secondary N) is 1. The van der Waals surface area contributed by atoms with Crippen molar-refractivity contribution in [3.63, 3.8) is 0 Å². The SMILES string of the molecule is COc1ccc(S(=O)(=O)N2CC[C@H]3NC(=O)N(c4ccccc4)C(=O)[C@H]32)cc1. The van der Waals surface area contributed by atoms with E-state index in [1.807, 2.05) is 0 Å². The highest BCUT2D eigenvalue weighted by atomic mass is 32.2. The molecule has 0 unspecified atom stereocenters. The molecule has 2 fully saturated rings. The lowest BCUT2D eigenvalue weighted by Gasteiger charge is -2.36. The molecular weight excluding hydrogens is 382 g/mol. The van der Waals surface area contributed by atoms with Crippen LogP contribution in [-0.4, -0.2) is 50.4 Å². The molecule has 2 aliphatic rings. The van der Waals surface area contributed by atoms with Crippen LogP contribution in [0.3, 0.4) is 0 Å². The van der Waals surface area contributed by atoms with Gasteiger partial charge < -0.3 is 10.1 Å². The number of fused-ring (bicyclic) bond motifs is 1. The second-order valence-corrected chi connectivity index (χ2v) is 8.48. The van der Waals surface area contributed by atoms with Crippen LogP contribution in [0.25, 0.3) is 0 Å². The van der Waals surface area contributed by atoms with Crippen molar-refractivity contribution < 1.29 is 22.7 Å². The van der Waals surface area contributed by atoms with Crippen molar-refractivity contribution in [2.24, 2.45) is 0 Å². The van der Waals surface area contributed by atoms with E-state index in [1.54, 1.807) is 42.5 Å². The Labute approximate surface area is 162 Å². The lowest BCUT2D eigenvalue weighted by Crippen LogP contribution is -2.64. The number of para-hydroxylation sites is 1. The number of carbonyl (C=O) groups is 2. The zero-order valence-corrected chi connectivity index (χ0v) is 15.9. The maximum atomic E-state index is 13.2. The average molecular weight is 401 g/mol. The van der Waals surface area contributed by atoms with Gasteiger partial charge in [-0.2, -0.15) is 4.31 Å². The molecule has 2 aromatic carbocycles. The smallest absolute Gasteiger partial charge is 0.329 e. The summed E-state index contributed by atoms with van der Waals surface area (Å²) in [4.78, 5) is 26.7. The van der Waals surface area contributed by atoms with E-state index in [2.05, 4.69) is 5.32 Å². The molecule has 0 saturated carbocycles. The van der Waals surface area contributed by atoms with E-state index in [4.69, 9.17) is 4.74 Å². The van der Waals surface area contributed by atoms with Gasteiger partial charge in [0.15, 0.2) is 0 Å². The number of sulfonamides is 1. The fourth-order valence-electron chi connectivity index (χ4n) is 3.64. The quantitative estimate of drug-likeness (QED) is 0.839. The van der Waals surface area contributed by atoms with E-state index in [9.17, 15) is 18.0 Å². The van der Waals surface area contributed by atoms with Gasteiger partial charge in [-0.1, -0.05) is 18.2 Å². The Morgan fingerprint density at radius 1 is 1.04 bits per heavy atom. The minimum Gasteiger partial charge on any atom is -0.497 e. The number of nitrogens with zero attached hydrogens (tertiary/aromatic N) is 2. The van der Waals surface area contributed by atoms with Gasteiger partial charge in [0.05, 0.1) is 23.7 Å².